The van der Waals surface area contributed by atoms with Crippen molar-refractivity contribution in [2.45, 2.75) is 44.9 Å². The quantitative estimate of drug-likeness (QED) is 0.874. The highest BCUT2D eigenvalue weighted by atomic mass is 19.4. The van der Waals surface area contributed by atoms with Gasteiger partial charge in [-0.25, -0.2) is 0 Å². The Morgan fingerprint density at radius 1 is 1.27 bits per heavy atom. The summed E-state index contributed by atoms with van der Waals surface area (Å²) in [6, 6.07) is 8.05. The van der Waals surface area contributed by atoms with E-state index in [1.165, 1.54) is 6.07 Å². The summed E-state index contributed by atoms with van der Waals surface area (Å²) >= 11 is 0. The van der Waals surface area contributed by atoms with Crippen LogP contribution in [-0.4, -0.2) is 29.2 Å². The minimum absolute atomic E-state index is 0.00264. The maximum atomic E-state index is 14.1. The molecule has 1 atom stereocenters. The summed E-state index contributed by atoms with van der Waals surface area (Å²) in [5.41, 5.74) is 1.49. The molecular weight excluding hydrogens is 345 g/mol. The van der Waals surface area contributed by atoms with Crippen LogP contribution in [0.4, 0.5) is 13.2 Å². The number of halogens is 3. The van der Waals surface area contributed by atoms with Crippen LogP contribution in [0.3, 0.4) is 0 Å². The van der Waals surface area contributed by atoms with Gasteiger partial charge in [-0.2, -0.15) is 18.2 Å². The second-order valence-electron chi connectivity index (χ2n) is 7.00. The summed E-state index contributed by atoms with van der Waals surface area (Å²) < 4.78 is 47.9. The maximum absolute atomic E-state index is 14.1. The van der Waals surface area contributed by atoms with Gasteiger partial charge in [0.05, 0.1) is 6.61 Å². The van der Waals surface area contributed by atoms with E-state index in [0.29, 0.717) is 23.1 Å². The molecule has 0 unspecified atom stereocenters. The van der Waals surface area contributed by atoms with Gasteiger partial charge in [0.25, 0.3) is 0 Å². The summed E-state index contributed by atoms with van der Waals surface area (Å²) in [5, 5.41) is 2.16. The SMILES string of the molecule is CCOc1cc([C@H](N2NC(=O)CC2(C)C)C(F)(F)F)c2ccccc2c1. The van der Waals surface area contributed by atoms with Gasteiger partial charge < -0.3 is 4.74 Å². The van der Waals surface area contributed by atoms with Gasteiger partial charge in [-0.05, 0) is 49.2 Å². The van der Waals surface area contributed by atoms with Crippen molar-refractivity contribution in [1.29, 1.82) is 0 Å². The first-order valence-corrected chi connectivity index (χ1v) is 8.44. The molecule has 0 aromatic heterocycles. The number of hydrogen-bond donors (Lipinski definition) is 1. The third-order valence-electron chi connectivity index (χ3n) is 4.53. The fraction of sp³-hybridized carbons (Fsp3) is 0.421. The summed E-state index contributed by atoms with van der Waals surface area (Å²) in [4.78, 5) is 11.8. The van der Waals surface area contributed by atoms with Crippen LogP contribution in [0.2, 0.25) is 0 Å². The van der Waals surface area contributed by atoms with E-state index < -0.39 is 23.7 Å². The van der Waals surface area contributed by atoms with Crippen molar-refractivity contribution >= 4 is 16.7 Å². The molecular formula is C19H21F3N2O2. The zero-order chi connectivity index (χ0) is 19.1. The number of hydrogen-bond acceptors (Lipinski definition) is 3. The second kappa shape index (κ2) is 6.46. The molecule has 0 spiro atoms. The number of nitrogens with zero attached hydrogens (tertiary/aromatic N) is 1. The van der Waals surface area contributed by atoms with Crippen molar-refractivity contribution in [3.05, 3.63) is 42.0 Å². The van der Waals surface area contributed by atoms with Crippen LogP contribution in [0.5, 0.6) is 5.75 Å². The molecule has 4 nitrogen and oxygen atoms in total. The van der Waals surface area contributed by atoms with E-state index in [4.69, 9.17) is 4.74 Å². The van der Waals surface area contributed by atoms with Crippen LogP contribution < -0.4 is 10.2 Å². The molecule has 26 heavy (non-hydrogen) atoms. The van der Waals surface area contributed by atoms with Crippen LogP contribution in [0.25, 0.3) is 10.8 Å². The van der Waals surface area contributed by atoms with Crippen LogP contribution >= 0.6 is 0 Å². The predicted octanol–water partition coefficient (Wildman–Crippen LogP) is 4.36. The lowest BCUT2D eigenvalue weighted by molar-refractivity contribution is -0.203. The molecule has 7 heteroatoms. The molecule has 1 saturated heterocycles. The minimum atomic E-state index is -4.58. The molecule has 2 aromatic rings. The summed E-state index contributed by atoms with van der Waals surface area (Å²) in [7, 11) is 0. The predicted molar refractivity (Wildman–Crippen MR) is 92.6 cm³/mol. The molecule has 3 rings (SSSR count). The molecule has 0 bridgehead atoms. The molecule has 140 valence electrons. The lowest BCUT2D eigenvalue weighted by atomic mass is 9.93. The van der Waals surface area contributed by atoms with Crippen molar-refractivity contribution in [3.63, 3.8) is 0 Å². The number of alkyl halides is 3. The standard InChI is InChI=1S/C19H21F3N2O2/c1-4-26-13-9-12-7-5-6-8-14(12)15(10-13)17(19(20,21)22)24-18(2,3)11-16(25)23-24/h5-10,17H,4,11H2,1-3H3,(H,23,25)/t17-/m0/s1. The molecule has 1 fully saturated rings. The van der Waals surface area contributed by atoms with E-state index in [1.807, 2.05) is 0 Å². The van der Waals surface area contributed by atoms with Crippen LogP contribution in [-0.2, 0) is 4.79 Å². The molecule has 1 amide bonds. The zero-order valence-corrected chi connectivity index (χ0v) is 14.9. The molecule has 0 saturated carbocycles. The Balaban J connectivity index is 2.23. The monoisotopic (exact) mass is 366 g/mol. The van der Waals surface area contributed by atoms with Gasteiger partial charge in [0.1, 0.15) is 5.75 Å². The Morgan fingerprint density at radius 3 is 2.54 bits per heavy atom. The van der Waals surface area contributed by atoms with Crippen LogP contribution in [0.1, 0.15) is 38.8 Å². The fourth-order valence-electron chi connectivity index (χ4n) is 3.47. The Hall–Kier alpha value is -2.28. The largest absolute Gasteiger partial charge is 0.494 e. The summed E-state index contributed by atoms with van der Waals surface area (Å²) in [6.07, 6.45) is -4.58. The van der Waals surface area contributed by atoms with Crippen molar-refractivity contribution in [2.75, 3.05) is 6.61 Å². The minimum Gasteiger partial charge on any atom is -0.494 e. The number of carbonyl (C=O) groups is 1. The molecule has 1 aliphatic rings. The summed E-state index contributed by atoms with van der Waals surface area (Å²) in [5.74, 6) is -0.0479. The highest BCUT2D eigenvalue weighted by Crippen LogP contribution is 2.45. The summed E-state index contributed by atoms with van der Waals surface area (Å²) in [6.45, 7) is 5.37. The van der Waals surface area contributed by atoms with E-state index in [2.05, 4.69) is 5.43 Å². The van der Waals surface area contributed by atoms with Crippen molar-refractivity contribution in [1.82, 2.24) is 10.4 Å². The first kappa shape index (κ1) is 18.5. The van der Waals surface area contributed by atoms with Gasteiger partial charge in [-0.15, -0.1) is 0 Å². The normalized spacial score (nSPS) is 18.8. The van der Waals surface area contributed by atoms with Crippen molar-refractivity contribution in [3.8, 4) is 5.75 Å². The van der Waals surface area contributed by atoms with E-state index in [1.54, 1.807) is 51.1 Å². The average Bonchev–Trinajstić information content (AvgIpc) is 2.79. The molecule has 1 heterocycles. The van der Waals surface area contributed by atoms with E-state index in [0.717, 1.165) is 5.01 Å². The van der Waals surface area contributed by atoms with Crippen LogP contribution in [0.15, 0.2) is 36.4 Å². The number of carbonyl (C=O) groups excluding carboxylic acids is 1. The van der Waals surface area contributed by atoms with Gasteiger partial charge in [0.2, 0.25) is 5.91 Å². The Morgan fingerprint density at radius 2 is 1.96 bits per heavy atom. The smallest absolute Gasteiger partial charge is 0.409 e. The maximum Gasteiger partial charge on any atom is 0.409 e. The van der Waals surface area contributed by atoms with Gasteiger partial charge in [0, 0.05) is 12.0 Å². The number of fused-ring (bicyclic) bond motifs is 1. The first-order valence-electron chi connectivity index (χ1n) is 8.44. The highest BCUT2D eigenvalue weighted by molar-refractivity contribution is 5.88. The van der Waals surface area contributed by atoms with Gasteiger partial charge in [-0.1, -0.05) is 24.3 Å². The molecule has 2 aromatic carbocycles. The Bertz CT molecular complexity index is 833. The Kier molecular flexibility index (Phi) is 4.60. The second-order valence-corrected chi connectivity index (χ2v) is 7.00. The number of hydrazine groups is 1. The number of ether oxygens (including phenoxy) is 1. The molecule has 1 aliphatic heterocycles. The van der Waals surface area contributed by atoms with Gasteiger partial charge in [-0.3, -0.25) is 10.2 Å². The van der Waals surface area contributed by atoms with Crippen LogP contribution in [0, 0.1) is 0 Å². The highest BCUT2D eigenvalue weighted by Gasteiger charge is 2.53. The average molecular weight is 366 g/mol. The third-order valence-corrected chi connectivity index (χ3v) is 4.53. The lowest BCUT2D eigenvalue weighted by Crippen LogP contribution is -2.51. The van der Waals surface area contributed by atoms with Gasteiger partial charge >= 0.3 is 6.18 Å². The van der Waals surface area contributed by atoms with E-state index in [9.17, 15) is 18.0 Å². The van der Waals surface area contributed by atoms with Gasteiger partial charge in [0.15, 0.2) is 6.04 Å². The number of amides is 1. The van der Waals surface area contributed by atoms with E-state index in [-0.39, 0.29) is 12.0 Å². The van der Waals surface area contributed by atoms with Crippen molar-refractivity contribution < 1.29 is 22.7 Å². The number of benzene rings is 2. The first-order chi connectivity index (χ1) is 12.1. The van der Waals surface area contributed by atoms with Crippen molar-refractivity contribution in [2.24, 2.45) is 0 Å². The zero-order valence-electron chi connectivity index (χ0n) is 14.9. The fourth-order valence-corrected chi connectivity index (χ4v) is 3.47. The third kappa shape index (κ3) is 3.35. The number of nitrogens with one attached hydrogen (secondary N) is 1. The molecule has 1 N–H and O–H groups in total. The molecule has 0 radical (unpaired) electrons. The van der Waals surface area contributed by atoms with E-state index >= 15 is 0 Å². The topological polar surface area (TPSA) is 41.6 Å². The lowest BCUT2D eigenvalue weighted by Gasteiger charge is -2.38. The Labute approximate surface area is 149 Å². The number of rotatable bonds is 4. The molecule has 0 aliphatic carbocycles.